The first-order chi connectivity index (χ1) is 17.9. The summed E-state index contributed by atoms with van der Waals surface area (Å²) >= 11 is 0. The van der Waals surface area contributed by atoms with E-state index in [0.717, 1.165) is 18.4 Å². The molecule has 11 heteroatoms. The van der Waals surface area contributed by atoms with Crippen LogP contribution in [-0.2, 0) is 11.2 Å². The highest BCUT2D eigenvalue weighted by atomic mass is 19.1. The fourth-order valence-electron chi connectivity index (χ4n) is 4.39. The number of amides is 2. The Labute approximate surface area is 214 Å². The fraction of sp³-hybridized carbons (Fsp3) is 0.385. The molecule has 1 aliphatic rings. The molecular formula is C26H31F2N7O2. The van der Waals surface area contributed by atoms with E-state index >= 15 is 0 Å². The summed E-state index contributed by atoms with van der Waals surface area (Å²) in [7, 11) is 0. The summed E-state index contributed by atoms with van der Waals surface area (Å²) in [6.07, 6.45) is 6.21. The van der Waals surface area contributed by atoms with Gasteiger partial charge < -0.3 is 21.4 Å². The number of carbonyl (C=O) groups excluding carboxylic acids is 2. The van der Waals surface area contributed by atoms with Gasteiger partial charge in [0.15, 0.2) is 0 Å². The van der Waals surface area contributed by atoms with Crippen molar-refractivity contribution in [2.75, 3.05) is 31.6 Å². The van der Waals surface area contributed by atoms with Crippen LogP contribution in [0.3, 0.4) is 0 Å². The molecule has 4 N–H and O–H groups in total. The van der Waals surface area contributed by atoms with Gasteiger partial charge in [-0.3, -0.25) is 14.6 Å². The van der Waals surface area contributed by atoms with E-state index in [0.29, 0.717) is 56.7 Å². The zero-order valence-corrected chi connectivity index (χ0v) is 20.5. The number of carbonyl (C=O) groups is 2. The average Bonchev–Trinajstić information content (AvgIpc) is 3.52. The van der Waals surface area contributed by atoms with Crippen molar-refractivity contribution in [2.45, 2.75) is 38.1 Å². The van der Waals surface area contributed by atoms with E-state index in [-0.39, 0.29) is 29.2 Å². The molecule has 196 valence electrons. The van der Waals surface area contributed by atoms with Crippen LogP contribution in [0.5, 0.6) is 0 Å². The first-order valence-electron chi connectivity index (χ1n) is 12.4. The number of likely N-dealkylation sites (tertiary alicyclic amines) is 1. The van der Waals surface area contributed by atoms with Crippen molar-refractivity contribution in [1.29, 1.82) is 0 Å². The zero-order chi connectivity index (χ0) is 26.2. The molecule has 0 spiro atoms. The van der Waals surface area contributed by atoms with Crippen LogP contribution in [0.2, 0.25) is 0 Å². The molecule has 1 aromatic carbocycles. The third-order valence-electron chi connectivity index (χ3n) is 6.34. The Morgan fingerprint density at radius 1 is 1.19 bits per heavy atom. The quantitative estimate of drug-likeness (QED) is 0.364. The van der Waals surface area contributed by atoms with Gasteiger partial charge in [-0.25, -0.2) is 4.39 Å². The number of hydrogen-bond donors (Lipinski definition) is 3. The number of halogens is 2. The zero-order valence-electron chi connectivity index (χ0n) is 20.5. The summed E-state index contributed by atoms with van der Waals surface area (Å²) in [5, 5.41) is 6.69. The minimum atomic E-state index is -0.705. The number of pyridine rings is 1. The van der Waals surface area contributed by atoms with Gasteiger partial charge in [-0.05, 0) is 62.1 Å². The smallest absolute Gasteiger partial charge is 0.252 e. The van der Waals surface area contributed by atoms with Crippen molar-refractivity contribution in [1.82, 2.24) is 25.1 Å². The first-order valence-corrected chi connectivity index (χ1v) is 12.4. The van der Waals surface area contributed by atoms with Crippen LogP contribution in [0, 0.1) is 11.8 Å². The topological polar surface area (TPSA) is 118 Å². The molecule has 0 bridgehead atoms. The van der Waals surface area contributed by atoms with Crippen molar-refractivity contribution in [2.24, 2.45) is 5.73 Å². The molecule has 3 aromatic rings. The molecule has 0 saturated carbocycles. The van der Waals surface area contributed by atoms with Gasteiger partial charge in [0, 0.05) is 38.3 Å². The van der Waals surface area contributed by atoms with Crippen LogP contribution in [0.1, 0.15) is 41.6 Å². The summed E-state index contributed by atoms with van der Waals surface area (Å²) in [5.41, 5.74) is 10.1. The van der Waals surface area contributed by atoms with E-state index < -0.39 is 5.95 Å². The Balaban J connectivity index is 1.30. The van der Waals surface area contributed by atoms with Gasteiger partial charge in [0.25, 0.3) is 5.91 Å². The molecule has 0 radical (unpaired) electrons. The highest BCUT2D eigenvalue weighted by Crippen LogP contribution is 2.20. The summed E-state index contributed by atoms with van der Waals surface area (Å²) in [5.74, 6) is -1.25. The number of nitrogens with zero attached hydrogens (tertiary/aromatic N) is 4. The number of nitrogens with one attached hydrogen (secondary N) is 2. The van der Waals surface area contributed by atoms with Crippen LogP contribution in [0.15, 0.2) is 48.8 Å². The van der Waals surface area contributed by atoms with Gasteiger partial charge in [0.2, 0.25) is 11.9 Å². The van der Waals surface area contributed by atoms with Crippen LogP contribution >= 0.6 is 0 Å². The van der Waals surface area contributed by atoms with E-state index in [1.165, 1.54) is 29.3 Å². The SMILES string of the molecule is NCCCC(=O)N1CCC[C@@H]1CNC(=O)c1ccc(-c2cn(NCCc3cccc(F)c3)nc2F)nc1. The van der Waals surface area contributed by atoms with E-state index in [1.54, 1.807) is 18.2 Å². The van der Waals surface area contributed by atoms with Gasteiger partial charge in [-0.1, -0.05) is 12.1 Å². The van der Waals surface area contributed by atoms with Gasteiger partial charge in [-0.2, -0.15) is 9.18 Å². The Kier molecular flexibility index (Phi) is 8.78. The van der Waals surface area contributed by atoms with Crippen molar-refractivity contribution < 1.29 is 18.4 Å². The summed E-state index contributed by atoms with van der Waals surface area (Å²) in [6.45, 7) is 1.95. The van der Waals surface area contributed by atoms with Crippen molar-refractivity contribution >= 4 is 11.8 Å². The molecular weight excluding hydrogens is 480 g/mol. The number of aromatic nitrogens is 3. The van der Waals surface area contributed by atoms with E-state index in [1.807, 2.05) is 11.0 Å². The van der Waals surface area contributed by atoms with Crippen LogP contribution in [0.4, 0.5) is 8.78 Å². The van der Waals surface area contributed by atoms with Crippen molar-refractivity contribution in [3.05, 3.63) is 71.7 Å². The molecule has 1 atom stereocenters. The normalized spacial score (nSPS) is 15.1. The maximum atomic E-state index is 14.5. The predicted octanol–water partition coefficient (Wildman–Crippen LogP) is 2.47. The molecule has 9 nitrogen and oxygen atoms in total. The molecule has 0 unspecified atom stereocenters. The lowest BCUT2D eigenvalue weighted by Crippen LogP contribution is -2.43. The molecule has 1 aliphatic heterocycles. The second kappa shape index (κ2) is 12.4. The van der Waals surface area contributed by atoms with Crippen molar-refractivity contribution in [3.63, 3.8) is 0 Å². The van der Waals surface area contributed by atoms with Gasteiger partial charge in [0.1, 0.15) is 5.82 Å². The average molecular weight is 512 g/mol. The van der Waals surface area contributed by atoms with E-state index in [4.69, 9.17) is 5.73 Å². The molecule has 1 saturated heterocycles. The summed E-state index contributed by atoms with van der Waals surface area (Å²) in [4.78, 5) is 32.3. The van der Waals surface area contributed by atoms with Gasteiger partial charge in [0.05, 0.1) is 23.0 Å². The van der Waals surface area contributed by atoms with Crippen LogP contribution < -0.4 is 16.5 Å². The van der Waals surface area contributed by atoms with Gasteiger partial charge >= 0.3 is 0 Å². The Morgan fingerprint density at radius 3 is 2.81 bits per heavy atom. The summed E-state index contributed by atoms with van der Waals surface area (Å²) < 4.78 is 27.7. The third kappa shape index (κ3) is 6.88. The first kappa shape index (κ1) is 26.2. The maximum absolute atomic E-state index is 14.5. The lowest BCUT2D eigenvalue weighted by atomic mass is 10.1. The minimum Gasteiger partial charge on any atom is -0.350 e. The molecule has 2 aromatic heterocycles. The predicted molar refractivity (Wildman–Crippen MR) is 135 cm³/mol. The highest BCUT2D eigenvalue weighted by molar-refractivity contribution is 5.94. The Bertz CT molecular complexity index is 1220. The number of hydrogen-bond acceptors (Lipinski definition) is 6. The number of nitrogens with two attached hydrogens (primary N) is 1. The monoisotopic (exact) mass is 511 g/mol. The molecule has 4 rings (SSSR count). The second-order valence-electron chi connectivity index (χ2n) is 8.98. The van der Waals surface area contributed by atoms with Gasteiger partial charge in [-0.15, -0.1) is 5.10 Å². The molecule has 3 heterocycles. The largest absolute Gasteiger partial charge is 0.350 e. The molecule has 2 amide bonds. The highest BCUT2D eigenvalue weighted by Gasteiger charge is 2.28. The Morgan fingerprint density at radius 2 is 2.05 bits per heavy atom. The van der Waals surface area contributed by atoms with E-state index in [2.05, 4.69) is 20.8 Å². The van der Waals surface area contributed by atoms with Crippen molar-refractivity contribution in [3.8, 4) is 11.3 Å². The Hall–Kier alpha value is -3.86. The van der Waals surface area contributed by atoms with E-state index in [9.17, 15) is 18.4 Å². The van der Waals surface area contributed by atoms with Crippen LogP contribution in [0.25, 0.3) is 11.3 Å². The number of benzene rings is 1. The standard InChI is InChI=1S/C26H31F2N7O2/c27-20-5-1-4-18(14-20)10-12-32-35-17-22(25(28)33-35)23-9-8-19(15-30-23)26(37)31-16-21-6-3-13-34(21)24(36)7-2-11-29/h1,4-5,8-9,14-15,17,21,32H,2-3,6-7,10-13,16,29H2,(H,31,37)/t21-/m1/s1. The lowest BCUT2D eigenvalue weighted by molar-refractivity contribution is -0.132. The minimum absolute atomic E-state index is 0.0326. The molecule has 37 heavy (non-hydrogen) atoms. The fourth-order valence-corrected chi connectivity index (χ4v) is 4.39. The number of rotatable bonds is 11. The third-order valence-corrected chi connectivity index (χ3v) is 6.34. The molecule has 0 aliphatic carbocycles. The summed E-state index contributed by atoms with van der Waals surface area (Å²) in [6, 6.07) is 9.38. The van der Waals surface area contributed by atoms with Crippen LogP contribution in [-0.4, -0.2) is 63.8 Å². The lowest BCUT2D eigenvalue weighted by Gasteiger charge is -2.25. The maximum Gasteiger partial charge on any atom is 0.252 e. The second-order valence-corrected chi connectivity index (χ2v) is 8.98. The molecule has 1 fully saturated rings.